The molecule has 3 rings (SSSR count). The molecule has 1 unspecified atom stereocenters. The van der Waals surface area contributed by atoms with Gasteiger partial charge >= 0.3 is 0 Å². The van der Waals surface area contributed by atoms with Crippen LogP contribution in [0.2, 0.25) is 0 Å². The maximum atomic E-state index is 9.49. The quantitative estimate of drug-likeness (QED) is 0.880. The highest BCUT2D eigenvalue weighted by molar-refractivity contribution is 5.60. The lowest BCUT2D eigenvalue weighted by Crippen LogP contribution is -2.32. The van der Waals surface area contributed by atoms with E-state index in [-0.39, 0.29) is 11.9 Å². The summed E-state index contributed by atoms with van der Waals surface area (Å²) in [4.78, 5) is 0. The molecule has 1 aliphatic heterocycles. The fraction of sp³-hybridized carbons (Fsp3) is 0.368. The molecule has 0 radical (unpaired) electrons. The maximum Gasteiger partial charge on any atom is 0.143 e. The van der Waals surface area contributed by atoms with E-state index in [0.717, 1.165) is 36.8 Å². The van der Waals surface area contributed by atoms with Gasteiger partial charge in [-0.05, 0) is 35.7 Å². The number of ether oxygens (including phenoxy) is 2. The van der Waals surface area contributed by atoms with Crippen molar-refractivity contribution >= 4 is 5.69 Å². The first kappa shape index (κ1) is 15.5. The van der Waals surface area contributed by atoms with Crippen LogP contribution in [-0.2, 0) is 6.42 Å². The Morgan fingerprint density at radius 2 is 2.00 bits per heavy atom. The molecule has 2 aromatic carbocycles. The zero-order valence-electron chi connectivity index (χ0n) is 13.6. The van der Waals surface area contributed by atoms with Gasteiger partial charge in [-0.15, -0.1) is 0 Å². The fourth-order valence-corrected chi connectivity index (χ4v) is 2.57. The summed E-state index contributed by atoms with van der Waals surface area (Å²) < 4.78 is 11.7. The number of hydrogen-bond acceptors (Lipinski definition) is 4. The predicted octanol–water partition coefficient (Wildman–Crippen LogP) is 3.84. The van der Waals surface area contributed by atoms with Gasteiger partial charge in [-0.25, -0.2) is 0 Å². The first-order valence-electron chi connectivity index (χ1n) is 8.05. The predicted molar refractivity (Wildman–Crippen MR) is 91.5 cm³/mol. The Kier molecular flexibility index (Phi) is 4.60. The molecule has 0 saturated carbocycles. The number of phenolic OH excluding ortho intramolecular Hbond substituents is 1. The minimum atomic E-state index is 0.0782. The molecule has 0 fully saturated rings. The van der Waals surface area contributed by atoms with Crippen LogP contribution >= 0.6 is 0 Å². The van der Waals surface area contributed by atoms with Crippen LogP contribution in [0.1, 0.15) is 19.4 Å². The van der Waals surface area contributed by atoms with Crippen molar-refractivity contribution in [2.24, 2.45) is 5.92 Å². The molecule has 0 aromatic heterocycles. The fourth-order valence-electron chi connectivity index (χ4n) is 2.57. The maximum absolute atomic E-state index is 9.49. The molecule has 2 N–H and O–H groups in total. The van der Waals surface area contributed by atoms with Crippen LogP contribution in [0.15, 0.2) is 42.5 Å². The molecule has 1 atom stereocenters. The van der Waals surface area contributed by atoms with Crippen LogP contribution in [0, 0.1) is 5.92 Å². The molecule has 1 heterocycles. The molecule has 1 aliphatic rings. The second-order valence-electron chi connectivity index (χ2n) is 6.35. The Labute approximate surface area is 137 Å². The number of rotatable bonds is 5. The second-order valence-corrected chi connectivity index (χ2v) is 6.35. The lowest BCUT2D eigenvalue weighted by atomic mass is 10.1. The summed E-state index contributed by atoms with van der Waals surface area (Å²) in [5.41, 5.74) is 2.06. The molecule has 0 aliphatic carbocycles. The van der Waals surface area contributed by atoms with Crippen molar-refractivity contribution in [3.63, 3.8) is 0 Å². The molecule has 0 bridgehead atoms. The molecule has 0 spiro atoms. The number of hydrogen-bond donors (Lipinski definition) is 2. The van der Waals surface area contributed by atoms with Crippen molar-refractivity contribution in [2.45, 2.75) is 26.4 Å². The highest BCUT2D eigenvalue weighted by Gasteiger charge is 2.19. The van der Waals surface area contributed by atoms with Crippen LogP contribution < -0.4 is 14.8 Å². The molecule has 0 amide bonds. The Balaban J connectivity index is 1.59. The van der Waals surface area contributed by atoms with E-state index in [1.54, 1.807) is 18.2 Å². The summed E-state index contributed by atoms with van der Waals surface area (Å²) in [5.74, 6) is 2.47. The van der Waals surface area contributed by atoms with E-state index in [1.165, 1.54) is 5.56 Å². The van der Waals surface area contributed by atoms with Crippen molar-refractivity contribution in [2.75, 3.05) is 18.5 Å². The Morgan fingerprint density at radius 3 is 2.74 bits per heavy atom. The Bertz CT molecular complexity index is 652. The zero-order valence-corrected chi connectivity index (χ0v) is 13.6. The number of phenols is 1. The van der Waals surface area contributed by atoms with Crippen LogP contribution in [0.5, 0.6) is 17.2 Å². The van der Waals surface area contributed by atoms with Gasteiger partial charge in [-0.1, -0.05) is 26.0 Å². The monoisotopic (exact) mass is 313 g/mol. The number of nitrogens with one attached hydrogen (secondary N) is 1. The van der Waals surface area contributed by atoms with Crippen molar-refractivity contribution in [3.8, 4) is 17.2 Å². The van der Waals surface area contributed by atoms with E-state index < -0.39 is 0 Å². The van der Waals surface area contributed by atoms with Gasteiger partial charge in [0, 0.05) is 12.5 Å². The smallest absolute Gasteiger partial charge is 0.143 e. The second kappa shape index (κ2) is 6.82. The standard InChI is InChI=1S/C19H23NO3/c1-13(2)12-22-16-6-3-14(4-7-16)9-17-11-20-18-10-15(21)5-8-19(18)23-17/h3-8,10,13,17,20-21H,9,11-12H2,1-2H3. The number of benzene rings is 2. The average molecular weight is 313 g/mol. The minimum absolute atomic E-state index is 0.0782. The van der Waals surface area contributed by atoms with Crippen LogP contribution in [0.4, 0.5) is 5.69 Å². The van der Waals surface area contributed by atoms with Crippen molar-refractivity contribution in [1.82, 2.24) is 0 Å². The largest absolute Gasteiger partial charge is 0.508 e. The van der Waals surface area contributed by atoms with E-state index in [9.17, 15) is 5.11 Å². The highest BCUT2D eigenvalue weighted by Crippen LogP contribution is 2.32. The summed E-state index contributed by atoms with van der Waals surface area (Å²) in [6.45, 7) is 5.74. The normalized spacial score (nSPS) is 16.4. The van der Waals surface area contributed by atoms with Crippen molar-refractivity contribution < 1.29 is 14.6 Å². The molecule has 0 saturated heterocycles. The Hall–Kier alpha value is -2.36. The van der Waals surface area contributed by atoms with Crippen LogP contribution in [-0.4, -0.2) is 24.4 Å². The molecule has 23 heavy (non-hydrogen) atoms. The highest BCUT2D eigenvalue weighted by atomic mass is 16.5. The summed E-state index contributed by atoms with van der Waals surface area (Å²) in [5, 5.41) is 12.8. The van der Waals surface area contributed by atoms with Gasteiger partial charge < -0.3 is 19.9 Å². The van der Waals surface area contributed by atoms with E-state index in [4.69, 9.17) is 9.47 Å². The third-order valence-electron chi connectivity index (χ3n) is 3.75. The minimum Gasteiger partial charge on any atom is -0.508 e. The van der Waals surface area contributed by atoms with Gasteiger partial charge in [0.25, 0.3) is 0 Å². The van der Waals surface area contributed by atoms with Gasteiger partial charge in [0.2, 0.25) is 0 Å². The lowest BCUT2D eigenvalue weighted by molar-refractivity contribution is 0.206. The van der Waals surface area contributed by atoms with Gasteiger partial charge in [0.1, 0.15) is 23.4 Å². The SMILES string of the molecule is CC(C)COc1ccc(CC2CNc3cc(O)ccc3O2)cc1. The summed E-state index contributed by atoms with van der Waals surface area (Å²) in [6.07, 6.45) is 0.909. The summed E-state index contributed by atoms with van der Waals surface area (Å²) >= 11 is 0. The van der Waals surface area contributed by atoms with E-state index in [1.807, 2.05) is 12.1 Å². The first-order chi connectivity index (χ1) is 11.1. The lowest BCUT2D eigenvalue weighted by Gasteiger charge is -2.27. The Morgan fingerprint density at radius 1 is 1.22 bits per heavy atom. The van der Waals surface area contributed by atoms with E-state index in [2.05, 4.69) is 31.3 Å². The van der Waals surface area contributed by atoms with E-state index in [0.29, 0.717) is 5.92 Å². The van der Waals surface area contributed by atoms with Gasteiger partial charge in [-0.2, -0.15) is 0 Å². The van der Waals surface area contributed by atoms with Crippen molar-refractivity contribution in [1.29, 1.82) is 0 Å². The van der Waals surface area contributed by atoms with Crippen molar-refractivity contribution in [3.05, 3.63) is 48.0 Å². The molecule has 4 nitrogen and oxygen atoms in total. The topological polar surface area (TPSA) is 50.7 Å². The molecule has 4 heteroatoms. The summed E-state index contributed by atoms with van der Waals surface area (Å²) in [6, 6.07) is 13.3. The van der Waals surface area contributed by atoms with Gasteiger partial charge in [0.05, 0.1) is 18.8 Å². The third-order valence-corrected chi connectivity index (χ3v) is 3.75. The number of anilines is 1. The van der Waals surface area contributed by atoms with Crippen LogP contribution in [0.3, 0.4) is 0 Å². The summed E-state index contributed by atoms with van der Waals surface area (Å²) in [7, 11) is 0. The number of fused-ring (bicyclic) bond motifs is 1. The zero-order chi connectivity index (χ0) is 16.2. The molecular formula is C19H23NO3. The van der Waals surface area contributed by atoms with E-state index >= 15 is 0 Å². The molecule has 2 aromatic rings. The van der Waals surface area contributed by atoms with Gasteiger partial charge in [0.15, 0.2) is 0 Å². The third kappa shape index (κ3) is 4.09. The average Bonchev–Trinajstić information content (AvgIpc) is 2.54. The van der Waals surface area contributed by atoms with Gasteiger partial charge in [-0.3, -0.25) is 0 Å². The molecule has 122 valence electrons. The number of aromatic hydroxyl groups is 1. The van der Waals surface area contributed by atoms with Crippen LogP contribution in [0.25, 0.3) is 0 Å². The molecular weight excluding hydrogens is 290 g/mol. The first-order valence-corrected chi connectivity index (χ1v) is 8.05.